The van der Waals surface area contributed by atoms with Gasteiger partial charge in [0.15, 0.2) is 0 Å². The molecule has 6 nitrogen and oxygen atoms in total. The van der Waals surface area contributed by atoms with Gasteiger partial charge in [0.2, 0.25) is 5.91 Å². The van der Waals surface area contributed by atoms with Crippen LogP contribution < -0.4 is 5.32 Å². The van der Waals surface area contributed by atoms with Crippen LogP contribution in [0.1, 0.15) is 32.6 Å². The maximum absolute atomic E-state index is 12.0. The first kappa shape index (κ1) is 13.0. The Labute approximate surface area is 106 Å². The lowest BCUT2D eigenvalue weighted by molar-refractivity contribution is -0.130. The highest BCUT2D eigenvalue weighted by Crippen LogP contribution is 2.15. The van der Waals surface area contributed by atoms with Gasteiger partial charge in [0.25, 0.3) is 5.91 Å². The molecule has 0 aliphatic carbocycles. The Morgan fingerprint density at radius 1 is 1.56 bits per heavy atom. The molecule has 1 fully saturated rings. The summed E-state index contributed by atoms with van der Waals surface area (Å²) >= 11 is 0. The van der Waals surface area contributed by atoms with Gasteiger partial charge in [-0.2, -0.15) is 5.10 Å². The molecule has 0 spiro atoms. The van der Waals surface area contributed by atoms with Crippen molar-refractivity contribution in [3.05, 3.63) is 0 Å². The molecule has 0 aromatic rings. The van der Waals surface area contributed by atoms with Gasteiger partial charge in [-0.25, -0.2) is 5.01 Å². The van der Waals surface area contributed by atoms with Gasteiger partial charge in [-0.1, -0.05) is 0 Å². The second-order valence-corrected chi connectivity index (χ2v) is 4.78. The van der Waals surface area contributed by atoms with Crippen molar-refractivity contribution in [2.24, 2.45) is 5.10 Å². The second-order valence-electron chi connectivity index (χ2n) is 4.78. The van der Waals surface area contributed by atoms with Gasteiger partial charge in [-0.05, 0) is 19.8 Å². The van der Waals surface area contributed by atoms with Crippen LogP contribution in [-0.4, -0.2) is 48.3 Å². The van der Waals surface area contributed by atoms with Gasteiger partial charge in [0.05, 0.1) is 12.1 Å². The van der Waals surface area contributed by atoms with Crippen LogP contribution in [0.25, 0.3) is 0 Å². The molecule has 0 aromatic heterocycles. The largest absolute Gasteiger partial charge is 0.376 e. The molecule has 1 saturated heterocycles. The normalized spacial score (nSPS) is 25.9. The van der Waals surface area contributed by atoms with Crippen molar-refractivity contribution >= 4 is 17.5 Å². The molecule has 2 rings (SSSR count). The lowest BCUT2D eigenvalue weighted by Gasteiger charge is -2.23. The van der Waals surface area contributed by atoms with E-state index in [4.69, 9.17) is 4.74 Å². The molecular formula is C12H19N3O3. The first-order valence-corrected chi connectivity index (χ1v) is 6.34. The third-order valence-electron chi connectivity index (χ3n) is 3.35. The highest BCUT2D eigenvalue weighted by molar-refractivity contribution is 6.39. The van der Waals surface area contributed by atoms with Crippen molar-refractivity contribution in [2.75, 3.05) is 13.7 Å². The molecule has 1 N–H and O–H groups in total. The van der Waals surface area contributed by atoms with Crippen LogP contribution in [0.5, 0.6) is 0 Å². The van der Waals surface area contributed by atoms with Gasteiger partial charge in [0.1, 0.15) is 5.71 Å². The molecule has 0 aromatic carbocycles. The Balaban J connectivity index is 1.91. The molecular weight excluding hydrogens is 234 g/mol. The summed E-state index contributed by atoms with van der Waals surface area (Å²) in [5.74, 6) is -0.254. The number of nitrogens with one attached hydrogen (secondary N) is 1. The molecule has 0 radical (unpaired) electrons. The van der Waals surface area contributed by atoms with E-state index in [0.717, 1.165) is 19.4 Å². The number of hydrazone groups is 1. The van der Waals surface area contributed by atoms with Crippen LogP contribution in [0.2, 0.25) is 0 Å². The number of nitrogens with zero attached hydrogens (tertiary/aromatic N) is 2. The lowest BCUT2D eigenvalue weighted by Crippen LogP contribution is -2.45. The first-order valence-electron chi connectivity index (χ1n) is 6.34. The van der Waals surface area contributed by atoms with Crippen molar-refractivity contribution in [1.29, 1.82) is 0 Å². The van der Waals surface area contributed by atoms with Gasteiger partial charge in [0, 0.05) is 26.5 Å². The zero-order valence-corrected chi connectivity index (χ0v) is 10.8. The smallest absolute Gasteiger partial charge is 0.267 e. The number of hydrogen-bond donors (Lipinski definition) is 1. The summed E-state index contributed by atoms with van der Waals surface area (Å²) in [5, 5.41) is 8.12. The molecule has 18 heavy (non-hydrogen) atoms. The fraction of sp³-hybridized carbons (Fsp3) is 0.750. The minimum absolute atomic E-state index is 0.0226. The summed E-state index contributed by atoms with van der Waals surface area (Å²) in [5.41, 5.74) is 0.418. The summed E-state index contributed by atoms with van der Waals surface area (Å²) in [6.45, 7) is 2.70. The molecule has 0 unspecified atom stereocenters. The average molecular weight is 253 g/mol. The third kappa shape index (κ3) is 2.87. The summed E-state index contributed by atoms with van der Waals surface area (Å²) in [6.07, 6.45) is 2.87. The maximum atomic E-state index is 12.0. The Morgan fingerprint density at radius 3 is 2.94 bits per heavy atom. The first-order chi connectivity index (χ1) is 8.58. The van der Waals surface area contributed by atoms with Gasteiger partial charge >= 0.3 is 0 Å². The van der Waals surface area contributed by atoms with E-state index in [9.17, 15) is 9.59 Å². The van der Waals surface area contributed by atoms with Crippen LogP contribution in [0.15, 0.2) is 5.10 Å². The Bertz CT molecular complexity index is 375. The summed E-state index contributed by atoms with van der Waals surface area (Å²) in [7, 11) is 1.57. The van der Waals surface area contributed by atoms with Crippen molar-refractivity contribution < 1.29 is 14.3 Å². The fourth-order valence-corrected chi connectivity index (χ4v) is 2.21. The predicted octanol–water partition coefficient (Wildman–Crippen LogP) is 0.278. The van der Waals surface area contributed by atoms with E-state index in [0.29, 0.717) is 18.6 Å². The van der Waals surface area contributed by atoms with Crippen molar-refractivity contribution in [3.8, 4) is 0 Å². The van der Waals surface area contributed by atoms with E-state index < -0.39 is 0 Å². The second kappa shape index (κ2) is 5.48. The third-order valence-corrected chi connectivity index (χ3v) is 3.35. The number of carbonyl (C=O) groups excluding carboxylic acids is 2. The topological polar surface area (TPSA) is 71.0 Å². The van der Waals surface area contributed by atoms with Gasteiger partial charge in [-0.3, -0.25) is 9.59 Å². The molecule has 2 aliphatic heterocycles. The van der Waals surface area contributed by atoms with E-state index in [1.165, 1.54) is 5.01 Å². The zero-order valence-electron chi connectivity index (χ0n) is 10.8. The van der Waals surface area contributed by atoms with E-state index in [2.05, 4.69) is 10.4 Å². The van der Waals surface area contributed by atoms with Crippen LogP contribution in [0.4, 0.5) is 0 Å². The van der Waals surface area contributed by atoms with Crippen LogP contribution in [-0.2, 0) is 14.3 Å². The minimum atomic E-state index is -0.197. The lowest BCUT2D eigenvalue weighted by atomic mass is 10.1. The monoisotopic (exact) mass is 253 g/mol. The number of carbonyl (C=O) groups is 2. The number of ether oxygens (including phenoxy) is 1. The van der Waals surface area contributed by atoms with Crippen molar-refractivity contribution in [3.63, 3.8) is 0 Å². The van der Waals surface area contributed by atoms with E-state index in [1.54, 1.807) is 7.05 Å². The number of hydrogen-bond acceptors (Lipinski definition) is 4. The number of amides is 2. The molecule has 0 bridgehead atoms. The summed E-state index contributed by atoms with van der Waals surface area (Å²) in [4.78, 5) is 23.2. The maximum Gasteiger partial charge on any atom is 0.267 e. The molecule has 2 atom stereocenters. The van der Waals surface area contributed by atoms with E-state index >= 15 is 0 Å². The molecule has 2 heterocycles. The highest BCUT2D eigenvalue weighted by Gasteiger charge is 2.27. The number of rotatable bonds is 3. The predicted molar refractivity (Wildman–Crippen MR) is 66.0 cm³/mol. The van der Waals surface area contributed by atoms with Gasteiger partial charge < -0.3 is 10.1 Å². The average Bonchev–Trinajstić information content (AvgIpc) is 2.86. The Hall–Kier alpha value is -1.43. The molecule has 100 valence electrons. The standard InChI is InChI=1S/C12H19N3O3/c1-8(10-4-3-7-18-10)13-12(17)9-5-6-11(16)15(2)14-9/h8,10H,3-7H2,1-2H3,(H,13,17)/t8-,10+/m1/s1. The Kier molecular flexibility index (Phi) is 3.96. The Morgan fingerprint density at radius 2 is 2.33 bits per heavy atom. The SMILES string of the molecule is C[C@@H](NC(=O)C1=NN(C)C(=O)CC1)[C@@H]1CCCO1. The summed E-state index contributed by atoms with van der Waals surface area (Å²) < 4.78 is 5.52. The molecule has 2 amide bonds. The molecule has 2 aliphatic rings. The van der Waals surface area contributed by atoms with E-state index in [-0.39, 0.29) is 24.0 Å². The van der Waals surface area contributed by atoms with E-state index in [1.807, 2.05) is 6.92 Å². The van der Waals surface area contributed by atoms with Crippen molar-refractivity contribution in [1.82, 2.24) is 10.3 Å². The molecule has 0 saturated carbocycles. The zero-order chi connectivity index (χ0) is 13.1. The van der Waals surface area contributed by atoms with Crippen LogP contribution in [0, 0.1) is 0 Å². The minimum Gasteiger partial charge on any atom is -0.376 e. The quantitative estimate of drug-likeness (QED) is 0.785. The molecule has 6 heteroatoms. The van der Waals surface area contributed by atoms with Crippen LogP contribution >= 0.6 is 0 Å². The summed E-state index contributed by atoms with van der Waals surface area (Å²) in [6, 6.07) is -0.0226. The van der Waals surface area contributed by atoms with Crippen molar-refractivity contribution in [2.45, 2.75) is 44.8 Å². The highest BCUT2D eigenvalue weighted by atomic mass is 16.5. The van der Waals surface area contributed by atoms with Crippen LogP contribution in [0.3, 0.4) is 0 Å². The van der Waals surface area contributed by atoms with Gasteiger partial charge in [-0.15, -0.1) is 0 Å². The fourth-order valence-electron chi connectivity index (χ4n) is 2.21.